The second-order valence-electron chi connectivity index (χ2n) is 4.74. The predicted molar refractivity (Wildman–Crippen MR) is 82.0 cm³/mol. The van der Waals surface area contributed by atoms with E-state index in [1.807, 2.05) is 0 Å². The Bertz CT molecular complexity index is 375. The van der Waals surface area contributed by atoms with Crippen LogP contribution in [0.4, 0.5) is 0 Å². The van der Waals surface area contributed by atoms with E-state index in [9.17, 15) is 0 Å². The van der Waals surface area contributed by atoms with Crippen molar-refractivity contribution in [2.45, 2.75) is 38.3 Å². The lowest BCUT2D eigenvalue weighted by Crippen LogP contribution is -2.38. The van der Waals surface area contributed by atoms with Crippen LogP contribution >= 0.6 is 22.6 Å². The van der Waals surface area contributed by atoms with Crippen LogP contribution < -0.4 is 0 Å². The SMILES string of the molecule is C=CC[C@@H]1CCCCN1Cc1ccccc1I. The van der Waals surface area contributed by atoms with Crippen molar-refractivity contribution in [2.75, 3.05) is 6.54 Å². The van der Waals surface area contributed by atoms with E-state index < -0.39 is 0 Å². The van der Waals surface area contributed by atoms with Gasteiger partial charge in [-0.2, -0.15) is 0 Å². The molecule has 0 aromatic heterocycles. The minimum Gasteiger partial charge on any atom is -0.296 e. The van der Waals surface area contributed by atoms with Gasteiger partial charge in [0.2, 0.25) is 0 Å². The summed E-state index contributed by atoms with van der Waals surface area (Å²) in [5.41, 5.74) is 1.46. The summed E-state index contributed by atoms with van der Waals surface area (Å²) in [4.78, 5) is 2.63. The zero-order chi connectivity index (χ0) is 12.1. The molecule has 0 radical (unpaired) electrons. The number of rotatable bonds is 4. The van der Waals surface area contributed by atoms with Gasteiger partial charge in [-0.05, 0) is 60.0 Å². The largest absolute Gasteiger partial charge is 0.296 e. The highest BCUT2D eigenvalue weighted by Gasteiger charge is 2.21. The van der Waals surface area contributed by atoms with Crippen LogP contribution in [0.1, 0.15) is 31.2 Å². The van der Waals surface area contributed by atoms with Gasteiger partial charge in [-0.3, -0.25) is 4.90 Å². The standard InChI is InChI=1S/C15H20IN/c1-2-7-14-9-5-6-11-17(14)12-13-8-3-4-10-15(13)16/h2-4,8,10,14H,1,5-7,9,11-12H2/t14-/m1/s1. The molecule has 1 fully saturated rings. The van der Waals surface area contributed by atoms with Gasteiger partial charge in [0.15, 0.2) is 0 Å². The van der Waals surface area contributed by atoms with Crippen molar-refractivity contribution in [3.8, 4) is 0 Å². The Kier molecular flexibility index (Phi) is 5.04. The molecule has 1 nitrogen and oxygen atoms in total. The molecule has 17 heavy (non-hydrogen) atoms. The molecule has 0 saturated carbocycles. The molecule has 0 N–H and O–H groups in total. The second kappa shape index (κ2) is 6.55. The minimum atomic E-state index is 0.706. The van der Waals surface area contributed by atoms with Gasteiger partial charge >= 0.3 is 0 Å². The summed E-state index contributed by atoms with van der Waals surface area (Å²) >= 11 is 2.44. The van der Waals surface area contributed by atoms with Crippen molar-refractivity contribution in [3.05, 3.63) is 46.1 Å². The molecule has 1 atom stereocenters. The van der Waals surface area contributed by atoms with Crippen LogP contribution in [0.15, 0.2) is 36.9 Å². The van der Waals surface area contributed by atoms with Gasteiger partial charge in [-0.15, -0.1) is 6.58 Å². The molecule has 0 spiro atoms. The monoisotopic (exact) mass is 341 g/mol. The topological polar surface area (TPSA) is 3.24 Å². The summed E-state index contributed by atoms with van der Waals surface area (Å²) in [7, 11) is 0. The smallest absolute Gasteiger partial charge is 0.0247 e. The normalized spacial score (nSPS) is 21.4. The number of hydrogen-bond donors (Lipinski definition) is 0. The Hall–Kier alpha value is -0.350. The van der Waals surface area contributed by atoms with E-state index in [0.29, 0.717) is 6.04 Å². The Morgan fingerprint density at radius 1 is 1.35 bits per heavy atom. The molecule has 1 aromatic rings. The average Bonchev–Trinajstić information content (AvgIpc) is 2.35. The fraction of sp³-hybridized carbons (Fsp3) is 0.467. The number of halogens is 1. The van der Waals surface area contributed by atoms with Gasteiger partial charge in [0.1, 0.15) is 0 Å². The van der Waals surface area contributed by atoms with E-state index in [0.717, 1.165) is 13.0 Å². The molecule has 92 valence electrons. The van der Waals surface area contributed by atoms with Gasteiger partial charge in [-0.25, -0.2) is 0 Å². The van der Waals surface area contributed by atoms with Crippen molar-refractivity contribution in [1.82, 2.24) is 4.90 Å². The molecule has 1 saturated heterocycles. The van der Waals surface area contributed by atoms with Crippen LogP contribution in [-0.2, 0) is 6.54 Å². The van der Waals surface area contributed by atoms with Gasteiger partial charge in [0.05, 0.1) is 0 Å². The fourth-order valence-electron chi connectivity index (χ4n) is 2.57. The molecule has 1 aliphatic rings. The molecule has 2 rings (SSSR count). The van der Waals surface area contributed by atoms with E-state index in [-0.39, 0.29) is 0 Å². The lowest BCUT2D eigenvalue weighted by molar-refractivity contribution is 0.141. The van der Waals surface area contributed by atoms with Crippen LogP contribution in [0.3, 0.4) is 0 Å². The fourth-order valence-corrected chi connectivity index (χ4v) is 3.13. The number of nitrogens with zero attached hydrogens (tertiary/aromatic N) is 1. The molecule has 0 amide bonds. The maximum absolute atomic E-state index is 3.89. The Morgan fingerprint density at radius 3 is 2.94 bits per heavy atom. The van der Waals surface area contributed by atoms with Gasteiger partial charge in [0.25, 0.3) is 0 Å². The summed E-state index contributed by atoms with van der Waals surface area (Å²) in [6.45, 7) is 6.22. The van der Waals surface area contributed by atoms with Gasteiger partial charge in [-0.1, -0.05) is 30.7 Å². The first-order valence-corrected chi connectivity index (χ1v) is 7.47. The van der Waals surface area contributed by atoms with E-state index in [1.165, 1.54) is 34.9 Å². The molecule has 0 aliphatic carbocycles. The van der Waals surface area contributed by atoms with Gasteiger partial charge < -0.3 is 0 Å². The van der Waals surface area contributed by atoms with Crippen molar-refractivity contribution >= 4 is 22.6 Å². The zero-order valence-electron chi connectivity index (χ0n) is 10.2. The van der Waals surface area contributed by atoms with Crippen LogP contribution in [0.2, 0.25) is 0 Å². The first kappa shape index (κ1) is 13.1. The number of benzene rings is 1. The number of hydrogen-bond acceptors (Lipinski definition) is 1. The van der Waals surface area contributed by atoms with Crippen molar-refractivity contribution in [2.24, 2.45) is 0 Å². The van der Waals surface area contributed by atoms with E-state index in [2.05, 4.69) is 64.4 Å². The molecule has 1 heterocycles. The lowest BCUT2D eigenvalue weighted by atomic mass is 9.98. The Labute approximate surface area is 118 Å². The highest BCUT2D eigenvalue weighted by Crippen LogP contribution is 2.23. The Balaban J connectivity index is 2.05. The molecular formula is C15H20IN. The van der Waals surface area contributed by atoms with Crippen LogP contribution in [0, 0.1) is 3.57 Å². The maximum atomic E-state index is 3.89. The summed E-state index contributed by atoms with van der Waals surface area (Å²) in [5.74, 6) is 0. The molecule has 2 heteroatoms. The van der Waals surface area contributed by atoms with Crippen molar-refractivity contribution in [1.29, 1.82) is 0 Å². The third-order valence-electron chi connectivity index (χ3n) is 3.52. The molecular weight excluding hydrogens is 321 g/mol. The van der Waals surface area contributed by atoms with E-state index >= 15 is 0 Å². The van der Waals surface area contributed by atoms with Crippen molar-refractivity contribution in [3.63, 3.8) is 0 Å². The summed E-state index contributed by atoms with van der Waals surface area (Å²) in [6, 6.07) is 9.41. The van der Waals surface area contributed by atoms with Crippen molar-refractivity contribution < 1.29 is 0 Å². The number of likely N-dealkylation sites (tertiary alicyclic amines) is 1. The third-order valence-corrected chi connectivity index (χ3v) is 4.57. The second-order valence-corrected chi connectivity index (χ2v) is 5.90. The first-order chi connectivity index (χ1) is 8.31. The zero-order valence-corrected chi connectivity index (χ0v) is 12.4. The summed E-state index contributed by atoms with van der Waals surface area (Å²) in [5, 5.41) is 0. The molecule has 0 unspecified atom stereocenters. The predicted octanol–water partition coefficient (Wildman–Crippen LogP) is 4.22. The third kappa shape index (κ3) is 3.55. The van der Waals surface area contributed by atoms with Gasteiger partial charge in [0, 0.05) is 16.2 Å². The summed E-state index contributed by atoms with van der Waals surface area (Å²) in [6.07, 6.45) is 7.25. The minimum absolute atomic E-state index is 0.706. The summed E-state index contributed by atoms with van der Waals surface area (Å²) < 4.78 is 1.38. The lowest BCUT2D eigenvalue weighted by Gasteiger charge is -2.35. The molecule has 0 bridgehead atoms. The van der Waals surface area contributed by atoms with Crippen LogP contribution in [0.25, 0.3) is 0 Å². The average molecular weight is 341 g/mol. The first-order valence-electron chi connectivity index (χ1n) is 6.39. The number of piperidine rings is 1. The van der Waals surface area contributed by atoms with Crippen LogP contribution in [-0.4, -0.2) is 17.5 Å². The quantitative estimate of drug-likeness (QED) is 0.585. The van der Waals surface area contributed by atoms with Crippen LogP contribution in [0.5, 0.6) is 0 Å². The Morgan fingerprint density at radius 2 is 2.18 bits per heavy atom. The maximum Gasteiger partial charge on any atom is 0.0247 e. The highest BCUT2D eigenvalue weighted by molar-refractivity contribution is 14.1. The van der Waals surface area contributed by atoms with E-state index in [4.69, 9.17) is 0 Å². The van der Waals surface area contributed by atoms with E-state index in [1.54, 1.807) is 0 Å². The highest BCUT2D eigenvalue weighted by atomic mass is 127. The molecule has 1 aromatic carbocycles. The molecule has 1 aliphatic heterocycles.